The molecule has 0 spiro atoms. The second kappa shape index (κ2) is 11.8. The zero-order valence-corrected chi connectivity index (χ0v) is 25.1. The number of amides is 1. The highest BCUT2D eigenvalue weighted by Gasteiger charge is 2.30. The zero-order valence-electron chi connectivity index (χ0n) is 22.0. The minimum atomic E-state index is -3.86. The van der Waals surface area contributed by atoms with E-state index in [1.807, 2.05) is 4.90 Å². The first kappa shape index (κ1) is 29.9. The number of benzene rings is 3. The van der Waals surface area contributed by atoms with Crippen LogP contribution in [0.3, 0.4) is 0 Å². The molecule has 0 atom stereocenters. The number of nitrogens with one attached hydrogen (secondary N) is 1. The van der Waals surface area contributed by atoms with Crippen LogP contribution in [0.2, 0.25) is 10.0 Å². The van der Waals surface area contributed by atoms with Crippen molar-refractivity contribution in [3.8, 4) is 5.75 Å². The quantitative estimate of drug-likeness (QED) is 0.399. The van der Waals surface area contributed by atoms with E-state index in [9.17, 15) is 21.6 Å². The number of piperazine rings is 1. The Balaban J connectivity index is 1.52. The molecule has 3 aromatic carbocycles. The number of nitrogens with zero attached hydrogens (tertiary/aromatic N) is 3. The Kier molecular flexibility index (Phi) is 8.86. The van der Waals surface area contributed by atoms with Crippen molar-refractivity contribution in [3.05, 3.63) is 76.3 Å². The number of carbonyl (C=O) groups is 1. The number of halogens is 2. The van der Waals surface area contributed by atoms with Gasteiger partial charge in [0.2, 0.25) is 20.0 Å². The minimum absolute atomic E-state index is 0.0128. The normalized spacial score (nSPS) is 14.6. The number of para-hydroxylation sites is 1. The van der Waals surface area contributed by atoms with Crippen molar-refractivity contribution in [1.82, 2.24) is 4.31 Å². The third-order valence-corrected chi connectivity index (χ3v) is 10.0. The number of carbonyl (C=O) groups excluding carboxylic acids is 1. The molecule has 10 nitrogen and oxygen atoms in total. The number of sulfonamides is 2. The molecule has 0 unspecified atom stereocenters. The minimum Gasteiger partial charge on any atom is -0.495 e. The molecule has 214 valence electrons. The molecule has 1 saturated heterocycles. The molecule has 0 aromatic heterocycles. The summed E-state index contributed by atoms with van der Waals surface area (Å²) in [6.07, 6.45) is 1.04. The predicted molar refractivity (Wildman–Crippen MR) is 158 cm³/mol. The first-order valence-corrected chi connectivity index (χ1v) is 16.1. The van der Waals surface area contributed by atoms with E-state index >= 15 is 0 Å². The van der Waals surface area contributed by atoms with Gasteiger partial charge in [-0.05, 0) is 42.5 Å². The topological polar surface area (TPSA) is 116 Å². The molecule has 1 aliphatic rings. The number of hydrogen-bond acceptors (Lipinski definition) is 7. The fourth-order valence-corrected chi connectivity index (χ4v) is 6.77. The van der Waals surface area contributed by atoms with E-state index in [-0.39, 0.29) is 40.7 Å². The summed E-state index contributed by atoms with van der Waals surface area (Å²) in [4.78, 5) is 15.1. The molecule has 0 radical (unpaired) electrons. The SMILES string of the molecule is COc1cc(S(=O)(=O)N2CCN(c3cc(Cl)cc(Cl)c3)CC2)ccc1NC(=O)c1ccccc1N(C)S(C)(=O)=O. The van der Waals surface area contributed by atoms with Crippen molar-refractivity contribution in [2.24, 2.45) is 0 Å². The largest absolute Gasteiger partial charge is 0.495 e. The molecule has 14 heteroatoms. The van der Waals surface area contributed by atoms with Crippen molar-refractivity contribution in [2.45, 2.75) is 4.90 Å². The van der Waals surface area contributed by atoms with Crippen molar-refractivity contribution >= 4 is 66.2 Å². The number of ether oxygens (including phenoxy) is 1. The highest BCUT2D eigenvalue weighted by molar-refractivity contribution is 7.92. The molecule has 1 fully saturated rings. The van der Waals surface area contributed by atoms with Gasteiger partial charge in [0.15, 0.2) is 0 Å². The highest BCUT2D eigenvalue weighted by atomic mass is 35.5. The van der Waals surface area contributed by atoms with E-state index in [1.165, 1.54) is 48.8 Å². The highest BCUT2D eigenvalue weighted by Crippen LogP contribution is 2.32. The molecule has 40 heavy (non-hydrogen) atoms. The Morgan fingerprint density at radius 2 is 1.55 bits per heavy atom. The summed E-state index contributed by atoms with van der Waals surface area (Å²) < 4.78 is 58.8. The summed E-state index contributed by atoms with van der Waals surface area (Å²) in [5.74, 6) is -0.451. The molecule has 3 aromatic rings. The van der Waals surface area contributed by atoms with Crippen LogP contribution in [0.15, 0.2) is 65.6 Å². The van der Waals surface area contributed by atoms with Gasteiger partial charge in [-0.25, -0.2) is 16.8 Å². The second-order valence-corrected chi connectivity index (χ2v) is 13.9. The average Bonchev–Trinajstić information content (AvgIpc) is 2.91. The molecular weight excluding hydrogens is 599 g/mol. The van der Waals surface area contributed by atoms with Crippen LogP contribution in [0, 0.1) is 0 Å². The Hall–Kier alpha value is -3.03. The number of methoxy groups -OCH3 is 1. The van der Waals surface area contributed by atoms with Crippen molar-refractivity contribution in [1.29, 1.82) is 0 Å². The number of rotatable bonds is 8. The van der Waals surface area contributed by atoms with E-state index in [1.54, 1.807) is 30.3 Å². The Morgan fingerprint density at radius 3 is 2.15 bits per heavy atom. The van der Waals surface area contributed by atoms with Gasteiger partial charge in [0.05, 0.1) is 35.2 Å². The summed E-state index contributed by atoms with van der Waals surface area (Å²) in [5.41, 5.74) is 1.36. The van der Waals surface area contributed by atoms with Gasteiger partial charge < -0.3 is 15.0 Å². The van der Waals surface area contributed by atoms with E-state index < -0.39 is 26.0 Å². The fraction of sp³-hybridized carbons (Fsp3) is 0.269. The lowest BCUT2D eigenvalue weighted by atomic mass is 10.1. The van der Waals surface area contributed by atoms with Crippen LogP contribution in [0.4, 0.5) is 17.1 Å². The molecule has 1 N–H and O–H groups in total. The van der Waals surface area contributed by atoms with Crippen molar-refractivity contribution in [2.75, 3.05) is 61.1 Å². The van der Waals surface area contributed by atoms with Crippen LogP contribution >= 0.6 is 23.2 Å². The summed E-state index contributed by atoms with van der Waals surface area (Å²) in [6.45, 7) is 1.39. The lowest BCUT2D eigenvalue weighted by Gasteiger charge is -2.35. The summed E-state index contributed by atoms with van der Waals surface area (Å²) in [7, 11) is -4.76. The molecule has 0 saturated carbocycles. The predicted octanol–water partition coefficient (Wildman–Crippen LogP) is 4.16. The summed E-state index contributed by atoms with van der Waals surface area (Å²) in [5, 5.41) is 3.70. The number of hydrogen-bond donors (Lipinski definition) is 1. The van der Waals surface area contributed by atoms with Gasteiger partial charge in [-0.15, -0.1) is 0 Å². The maximum Gasteiger partial charge on any atom is 0.257 e. The zero-order chi connectivity index (χ0) is 29.2. The molecule has 1 aliphatic heterocycles. The van der Waals surface area contributed by atoms with E-state index in [0.29, 0.717) is 23.1 Å². The first-order valence-electron chi connectivity index (χ1n) is 12.0. The Labute approximate surface area is 244 Å². The molecule has 1 heterocycles. The van der Waals surface area contributed by atoms with E-state index in [2.05, 4.69) is 5.32 Å². The van der Waals surface area contributed by atoms with Crippen LogP contribution in [-0.4, -0.2) is 73.6 Å². The van der Waals surface area contributed by atoms with Gasteiger partial charge in [-0.2, -0.15) is 4.31 Å². The van der Waals surface area contributed by atoms with Crippen LogP contribution in [0.5, 0.6) is 5.75 Å². The van der Waals surface area contributed by atoms with Gasteiger partial charge in [0, 0.05) is 55.0 Å². The van der Waals surface area contributed by atoms with Crippen molar-refractivity contribution in [3.63, 3.8) is 0 Å². The third kappa shape index (κ3) is 6.47. The van der Waals surface area contributed by atoms with Crippen molar-refractivity contribution < 1.29 is 26.4 Å². The van der Waals surface area contributed by atoms with Gasteiger partial charge in [0.1, 0.15) is 5.75 Å². The monoisotopic (exact) mass is 626 g/mol. The maximum absolute atomic E-state index is 13.4. The second-order valence-electron chi connectivity index (χ2n) is 9.08. The molecule has 1 amide bonds. The molecule has 0 bridgehead atoms. The lowest BCUT2D eigenvalue weighted by molar-refractivity contribution is 0.102. The lowest BCUT2D eigenvalue weighted by Crippen LogP contribution is -2.48. The molecular formula is C26H28Cl2N4O6S2. The third-order valence-electron chi connectivity index (χ3n) is 6.50. The van der Waals surface area contributed by atoms with Gasteiger partial charge in [-0.3, -0.25) is 9.10 Å². The van der Waals surface area contributed by atoms with E-state index in [0.717, 1.165) is 16.2 Å². The van der Waals surface area contributed by atoms with Gasteiger partial charge in [-0.1, -0.05) is 35.3 Å². The summed E-state index contributed by atoms with van der Waals surface area (Å²) in [6, 6.07) is 15.6. The van der Waals surface area contributed by atoms with Crippen LogP contribution in [0.25, 0.3) is 0 Å². The maximum atomic E-state index is 13.4. The Bertz CT molecular complexity index is 1620. The van der Waals surface area contributed by atoms with Gasteiger partial charge in [0.25, 0.3) is 5.91 Å². The molecule has 0 aliphatic carbocycles. The van der Waals surface area contributed by atoms with Crippen LogP contribution < -0.4 is 19.3 Å². The summed E-state index contributed by atoms with van der Waals surface area (Å²) >= 11 is 12.2. The van der Waals surface area contributed by atoms with Crippen LogP contribution in [-0.2, 0) is 20.0 Å². The van der Waals surface area contributed by atoms with Crippen LogP contribution in [0.1, 0.15) is 10.4 Å². The smallest absolute Gasteiger partial charge is 0.257 e. The molecule has 4 rings (SSSR count). The fourth-order valence-electron chi connectivity index (χ4n) is 4.30. The number of anilines is 3. The average molecular weight is 628 g/mol. The van der Waals surface area contributed by atoms with Gasteiger partial charge >= 0.3 is 0 Å². The Morgan fingerprint density at radius 1 is 0.925 bits per heavy atom. The standard InChI is InChI=1S/C26H28Cl2N4O6S2/c1-30(39(3,34)35)24-7-5-4-6-22(24)26(33)29-23-9-8-21(17-25(23)38-2)40(36,37)32-12-10-31(11-13-32)20-15-18(27)14-19(28)16-20/h4-9,14-17H,10-13H2,1-3H3,(H,29,33). The van der Waals surface area contributed by atoms with E-state index in [4.69, 9.17) is 27.9 Å². The first-order chi connectivity index (χ1) is 18.8.